The average molecular weight is 246 g/mol. The lowest BCUT2D eigenvalue weighted by Crippen LogP contribution is -2.44. The molecule has 12 heavy (non-hydrogen) atoms. The number of halogens is 1. The van der Waals surface area contributed by atoms with Gasteiger partial charge in [0.05, 0.1) is 0 Å². The van der Waals surface area contributed by atoms with Gasteiger partial charge in [0.15, 0.2) is 0 Å². The molecule has 1 aromatic rings. The van der Waals surface area contributed by atoms with Gasteiger partial charge in [-0.25, -0.2) is 0 Å². The first-order chi connectivity index (χ1) is 5.75. The van der Waals surface area contributed by atoms with Gasteiger partial charge in [-0.1, -0.05) is 0 Å². The summed E-state index contributed by atoms with van der Waals surface area (Å²) in [6.07, 6.45) is 1.37. The van der Waals surface area contributed by atoms with E-state index in [9.17, 15) is 0 Å². The summed E-state index contributed by atoms with van der Waals surface area (Å²) in [5.41, 5.74) is 0. The molecule has 1 saturated heterocycles. The van der Waals surface area contributed by atoms with Crippen molar-refractivity contribution in [1.82, 2.24) is 4.90 Å². The minimum atomic E-state index is 0.797. The molecule has 2 rings (SSSR count). The zero-order valence-corrected chi connectivity index (χ0v) is 9.49. The molecular formula is C9H12BrNS. The van der Waals surface area contributed by atoms with Crippen molar-refractivity contribution in [2.75, 3.05) is 6.54 Å². The monoisotopic (exact) mass is 245 g/mol. The molecule has 1 atom stereocenters. The zero-order chi connectivity index (χ0) is 8.55. The van der Waals surface area contributed by atoms with Crippen molar-refractivity contribution < 1.29 is 0 Å². The third-order valence-electron chi connectivity index (χ3n) is 2.44. The fourth-order valence-corrected chi connectivity index (χ4v) is 2.92. The Morgan fingerprint density at radius 3 is 3.00 bits per heavy atom. The molecule has 0 aliphatic carbocycles. The Morgan fingerprint density at radius 1 is 1.75 bits per heavy atom. The van der Waals surface area contributed by atoms with Crippen LogP contribution in [0.3, 0.4) is 0 Å². The molecule has 0 N–H and O–H groups in total. The molecule has 1 fully saturated rings. The van der Waals surface area contributed by atoms with Crippen LogP contribution in [0, 0.1) is 0 Å². The topological polar surface area (TPSA) is 3.24 Å². The fourth-order valence-electron chi connectivity index (χ4n) is 1.44. The molecule has 0 radical (unpaired) electrons. The summed E-state index contributed by atoms with van der Waals surface area (Å²) in [7, 11) is 0. The Balaban J connectivity index is 1.95. The van der Waals surface area contributed by atoms with Gasteiger partial charge in [0.2, 0.25) is 0 Å². The molecule has 1 aromatic heterocycles. The van der Waals surface area contributed by atoms with Crippen molar-refractivity contribution in [2.45, 2.75) is 25.9 Å². The Bertz CT molecular complexity index is 271. The van der Waals surface area contributed by atoms with E-state index in [-0.39, 0.29) is 0 Å². The van der Waals surface area contributed by atoms with Gasteiger partial charge in [-0.3, -0.25) is 4.90 Å². The predicted octanol–water partition coefficient (Wildman–Crippen LogP) is 3.10. The van der Waals surface area contributed by atoms with Crippen LogP contribution in [0.1, 0.15) is 18.2 Å². The van der Waals surface area contributed by atoms with Gasteiger partial charge in [0.25, 0.3) is 0 Å². The highest BCUT2D eigenvalue weighted by Crippen LogP contribution is 2.25. The van der Waals surface area contributed by atoms with Crippen LogP contribution >= 0.6 is 27.3 Å². The number of hydrogen-bond acceptors (Lipinski definition) is 2. The number of likely N-dealkylation sites (tertiary alicyclic amines) is 1. The first-order valence-electron chi connectivity index (χ1n) is 4.22. The number of rotatable bonds is 2. The number of thiophene rings is 1. The number of hydrogen-bond donors (Lipinski definition) is 0. The lowest BCUT2D eigenvalue weighted by Gasteiger charge is -2.38. The Morgan fingerprint density at radius 2 is 2.58 bits per heavy atom. The SMILES string of the molecule is CC1CCN1Cc1cc(Br)cs1. The summed E-state index contributed by atoms with van der Waals surface area (Å²) in [5, 5.41) is 2.15. The minimum Gasteiger partial charge on any atom is -0.295 e. The van der Waals surface area contributed by atoms with Crippen molar-refractivity contribution >= 4 is 27.3 Å². The van der Waals surface area contributed by atoms with Gasteiger partial charge < -0.3 is 0 Å². The molecule has 0 spiro atoms. The van der Waals surface area contributed by atoms with E-state index in [1.165, 1.54) is 22.3 Å². The summed E-state index contributed by atoms with van der Waals surface area (Å²) in [4.78, 5) is 3.98. The first-order valence-corrected chi connectivity index (χ1v) is 5.90. The van der Waals surface area contributed by atoms with E-state index in [2.05, 4.69) is 39.2 Å². The highest BCUT2D eigenvalue weighted by molar-refractivity contribution is 9.10. The van der Waals surface area contributed by atoms with E-state index in [1.54, 1.807) is 0 Å². The Hall–Kier alpha value is 0.140. The van der Waals surface area contributed by atoms with Gasteiger partial charge >= 0.3 is 0 Å². The zero-order valence-electron chi connectivity index (χ0n) is 7.09. The highest BCUT2D eigenvalue weighted by Gasteiger charge is 2.23. The lowest BCUT2D eigenvalue weighted by molar-refractivity contribution is 0.0972. The summed E-state index contributed by atoms with van der Waals surface area (Å²) in [5.74, 6) is 0. The van der Waals surface area contributed by atoms with E-state index in [0.717, 1.165) is 12.6 Å². The van der Waals surface area contributed by atoms with Crippen LogP contribution in [0.2, 0.25) is 0 Å². The standard InChI is InChI=1S/C9H12BrNS/c1-7-2-3-11(7)5-9-4-8(10)6-12-9/h4,6-7H,2-3,5H2,1H3. The molecule has 3 heteroatoms. The molecule has 0 saturated carbocycles. The molecule has 1 aliphatic rings. The predicted molar refractivity (Wildman–Crippen MR) is 56.5 cm³/mol. The van der Waals surface area contributed by atoms with Crippen molar-refractivity contribution in [3.63, 3.8) is 0 Å². The molecule has 2 heterocycles. The van der Waals surface area contributed by atoms with Crippen molar-refractivity contribution in [1.29, 1.82) is 0 Å². The molecule has 1 unspecified atom stereocenters. The molecule has 1 nitrogen and oxygen atoms in total. The van der Waals surface area contributed by atoms with E-state index in [1.807, 2.05) is 11.3 Å². The number of nitrogens with zero attached hydrogens (tertiary/aromatic N) is 1. The fraction of sp³-hybridized carbons (Fsp3) is 0.556. The highest BCUT2D eigenvalue weighted by atomic mass is 79.9. The van der Waals surface area contributed by atoms with Crippen molar-refractivity contribution in [2.24, 2.45) is 0 Å². The second-order valence-electron chi connectivity index (χ2n) is 3.34. The summed E-state index contributed by atoms with van der Waals surface area (Å²) in [6.45, 7) is 4.71. The van der Waals surface area contributed by atoms with E-state index in [0.29, 0.717) is 0 Å². The summed E-state index contributed by atoms with van der Waals surface area (Å²) < 4.78 is 1.22. The quantitative estimate of drug-likeness (QED) is 0.775. The van der Waals surface area contributed by atoms with Gasteiger partial charge in [-0.2, -0.15) is 0 Å². The van der Waals surface area contributed by atoms with Crippen LogP contribution in [0.15, 0.2) is 15.9 Å². The Labute approximate surface area is 85.5 Å². The largest absolute Gasteiger partial charge is 0.295 e. The maximum atomic E-state index is 3.47. The second kappa shape index (κ2) is 3.48. The van der Waals surface area contributed by atoms with E-state index < -0.39 is 0 Å². The van der Waals surface area contributed by atoms with Crippen molar-refractivity contribution in [3.8, 4) is 0 Å². The summed E-state index contributed by atoms with van der Waals surface area (Å²) in [6, 6.07) is 3.02. The third-order valence-corrected chi connectivity index (χ3v) is 4.12. The molecule has 0 amide bonds. The van der Waals surface area contributed by atoms with Crippen LogP contribution < -0.4 is 0 Å². The Kier molecular flexibility index (Phi) is 2.53. The van der Waals surface area contributed by atoms with Gasteiger partial charge in [-0.05, 0) is 35.3 Å². The van der Waals surface area contributed by atoms with Gasteiger partial charge in [-0.15, -0.1) is 11.3 Å². The maximum absolute atomic E-state index is 3.47. The van der Waals surface area contributed by atoms with Crippen LogP contribution in [-0.2, 0) is 6.54 Å². The van der Waals surface area contributed by atoms with E-state index >= 15 is 0 Å². The van der Waals surface area contributed by atoms with Crippen LogP contribution in [0.4, 0.5) is 0 Å². The molecule has 0 bridgehead atoms. The van der Waals surface area contributed by atoms with Crippen molar-refractivity contribution in [3.05, 3.63) is 20.8 Å². The van der Waals surface area contributed by atoms with Crippen LogP contribution in [-0.4, -0.2) is 17.5 Å². The van der Waals surface area contributed by atoms with Crippen LogP contribution in [0.5, 0.6) is 0 Å². The van der Waals surface area contributed by atoms with Crippen LogP contribution in [0.25, 0.3) is 0 Å². The minimum absolute atomic E-state index is 0.797. The first kappa shape index (κ1) is 8.73. The molecular weight excluding hydrogens is 234 g/mol. The molecule has 66 valence electrons. The second-order valence-corrected chi connectivity index (χ2v) is 5.25. The van der Waals surface area contributed by atoms with Gasteiger partial charge in [0, 0.05) is 33.9 Å². The lowest BCUT2D eigenvalue weighted by atomic mass is 10.1. The smallest absolute Gasteiger partial charge is 0.0331 e. The molecule has 1 aliphatic heterocycles. The molecule has 0 aromatic carbocycles. The average Bonchev–Trinajstić information content (AvgIpc) is 2.44. The summed E-state index contributed by atoms with van der Waals surface area (Å²) >= 11 is 5.31. The van der Waals surface area contributed by atoms with Gasteiger partial charge in [0.1, 0.15) is 0 Å². The van der Waals surface area contributed by atoms with E-state index in [4.69, 9.17) is 0 Å². The maximum Gasteiger partial charge on any atom is 0.0331 e. The normalized spacial score (nSPS) is 24.0. The third kappa shape index (κ3) is 1.73.